The van der Waals surface area contributed by atoms with Crippen LogP contribution in [0.5, 0.6) is 5.75 Å². The molecule has 1 atom stereocenters. The van der Waals surface area contributed by atoms with Crippen LogP contribution in [0.2, 0.25) is 0 Å². The molecule has 0 spiro atoms. The van der Waals surface area contributed by atoms with E-state index in [4.69, 9.17) is 9.47 Å². The van der Waals surface area contributed by atoms with Crippen molar-refractivity contribution in [2.24, 2.45) is 0 Å². The van der Waals surface area contributed by atoms with Crippen molar-refractivity contribution in [1.82, 2.24) is 5.32 Å². The first-order valence-corrected chi connectivity index (χ1v) is 6.04. The number of hydrogen-bond donors (Lipinski definition) is 1. The maximum atomic E-state index is 5.51. The van der Waals surface area contributed by atoms with Crippen LogP contribution in [0.4, 0.5) is 0 Å². The molecule has 3 nitrogen and oxygen atoms in total. The molecule has 0 radical (unpaired) electrons. The Morgan fingerprint density at radius 2 is 2.00 bits per heavy atom. The second kappa shape index (κ2) is 6.62. The Hall–Kier alpha value is -1.06. The zero-order chi connectivity index (χ0) is 12.8. The number of aryl methyl sites for hydroxylation is 2. The highest BCUT2D eigenvalue weighted by Gasteiger charge is 2.17. The predicted octanol–water partition coefficient (Wildman–Crippen LogP) is 2.61. The summed E-state index contributed by atoms with van der Waals surface area (Å²) in [5, 5.41) is 3.28. The standard InChI is InChI=1S/C14H23NO2/c1-6-17-9-12(15-4)14-11(3)7-10(2)8-13(14)16-5/h7-8,12,15H,6,9H2,1-5H3. The normalized spacial score (nSPS) is 12.5. The van der Waals surface area contributed by atoms with Crippen LogP contribution in [0.3, 0.4) is 0 Å². The first-order valence-electron chi connectivity index (χ1n) is 6.04. The summed E-state index contributed by atoms with van der Waals surface area (Å²) in [6.07, 6.45) is 0. The summed E-state index contributed by atoms with van der Waals surface area (Å²) in [6, 6.07) is 4.41. The summed E-state index contributed by atoms with van der Waals surface area (Å²) in [5.41, 5.74) is 3.64. The van der Waals surface area contributed by atoms with Gasteiger partial charge in [-0.25, -0.2) is 0 Å². The molecule has 0 amide bonds. The predicted molar refractivity (Wildman–Crippen MR) is 70.8 cm³/mol. The van der Waals surface area contributed by atoms with Crippen LogP contribution >= 0.6 is 0 Å². The van der Waals surface area contributed by atoms with Crippen LogP contribution in [0, 0.1) is 13.8 Å². The smallest absolute Gasteiger partial charge is 0.124 e. The van der Waals surface area contributed by atoms with E-state index in [0.29, 0.717) is 6.61 Å². The van der Waals surface area contributed by atoms with Gasteiger partial charge >= 0.3 is 0 Å². The van der Waals surface area contributed by atoms with Crippen molar-refractivity contribution in [1.29, 1.82) is 0 Å². The Labute approximate surface area is 104 Å². The highest BCUT2D eigenvalue weighted by atomic mass is 16.5. The Bertz CT molecular complexity index is 363. The summed E-state index contributed by atoms with van der Waals surface area (Å²) in [5.74, 6) is 0.932. The minimum Gasteiger partial charge on any atom is -0.496 e. The number of methoxy groups -OCH3 is 1. The molecule has 1 rings (SSSR count). The van der Waals surface area contributed by atoms with Crippen LogP contribution in [0.15, 0.2) is 12.1 Å². The van der Waals surface area contributed by atoms with Crippen molar-refractivity contribution in [2.45, 2.75) is 26.8 Å². The van der Waals surface area contributed by atoms with Crippen molar-refractivity contribution in [2.75, 3.05) is 27.4 Å². The van der Waals surface area contributed by atoms with Crippen LogP contribution < -0.4 is 10.1 Å². The van der Waals surface area contributed by atoms with Gasteiger partial charge in [0.15, 0.2) is 0 Å². The molecule has 17 heavy (non-hydrogen) atoms. The van der Waals surface area contributed by atoms with Gasteiger partial charge in [0.25, 0.3) is 0 Å². The Morgan fingerprint density at radius 1 is 1.29 bits per heavy atom. The molecule has 0 heterocycles. The summed E-state index contributed by atoms with van der Waals surface area (Å²) >= 11 is 0. The third-order valence-electron chi connectivity index (χ3n) is 2.90. The lowest BCUT2D eigenvalue weighted by atomic mass is 9.98. The molecule has 1 unspecified atom stereocenters. The molecule has 1 aromatic carbocycles. The van der Waals surface area contributed by atoms with E-state index in [2.05, 4.69) is 31.3 Å². The molecule has 0 aliphatic rings. The SMILES string of the molecule is CCOCC(NC)c1c(C)cc(C)cc1OC. The fraction of sp³-hybridized carbons (Fsp3) is 0.571. The van der Waals surface area contributed by atoms with Gasteiger partial charge in [-0.3, -0.25) is 0 Å². The van der Waals surface area contributed by atoms with Gasteiger partial charge in [-0.1, -0.05) is 6.07 Å². The number of hydrogen-bond acceptors (Lipinski definition) is 3. The molecule has 0 aliphatic heterocycles. The van der Waals surface area contributed by atoms with Crippen molar-refractivity contribution in [3.8, 4) is 5.75 Å². The van der Waals surface area contributed by atoms with Crippen LogP contribution in [-0.4, -0.2) is 27.4 Å². The summed E-state index contributed by atoms with van der Waals surface area (Å²) in [4.78, 5) is 0. The van der Waals surface area contributed by atoms with Gasteiger partial charge in [0, 0.05) is 12.2 Å². The largest absolute Gasteiger partial charge is 0.496 e. The minimum absolute atomic E-state index is 0.172. The first kappa shape index (κ1) is 14.0. The van der Waals surface area contributed by atoms with E-state index in [9.17, 15) is 0 Å². The molecule has 0 saturated heterocycles. The zero-order valence-electron chi connectivity index (χ0n) is 11.5. The van der Waals surface area contributed by atoms with Gasteiger partial charge in [-0.15, -0.1) is 0 Å². The van der Waals surface area contributed by atoms with Gasteiger partial charge in [-0.05, 0) is 45.0 Å². The summed E-state index contributed by atoms with van der Waals surface area (Å²) < 4.78 is 11.0. The average molecular weight is 237 g/mol. The van der Waals surface area contributed by atoms with E-state index in [-0.39, 0.29) is 6.04 Å². The second-order valence-electron chi connectivity index (χ2n) is 4.20. The molecule has 0 bridgehead atoms. The second-order valence-corrected chi connectivity index (χ2v) is 4.20. The van der Waals surface area contributed by atoms with E-state index in [0.717, 1.165) is 12.4 Å². The highest BCUT2D eigenvalue weighted by molar-refractivity contribution is 5.45. The number of rotatable bonds is 6. The highest BCUT2D eigenvalue weighted by Crippen LogP contribution is 2.30. The fourth-order valence-corrected chi connectivity index (χ4v) is 2.10. The lowest BCUT2D eigenvalue weighted by molar-refractivity contribution is 0.124. The molecule has 0 aliphatic carbocycles. The minimum atomic E-state index is 0.172. The van der Waals surface area contributed by atoms with Gasteiger partial charge < -0.3 is 14.8 Å². The van der Waals surface area contributed by atoms with Crippen LogP contribution in [-0.2, 0) is 4.74 Å². The number of likely N-dealkylation sites (N-methyl/N-ethyl adjacent to an activating group) is 1. The molecule has 96 valence electrons. The molecular weight excluding hydrogens is 214 g/mol. The average Bonchev–Trinajstić information content (AvgIpc) is 2.31. The van der Waals surface area contributed by atoms with E-state index >= 15 is 0 Å². The van der Waals surface area contributed by atoms with Crippen LogP contribution in [0.25, 0.3) is 0 Å². The van der Waals surface area contributed by atoms with Crippen molar-refractivity contribution < 1.29 is 9.47 Å². The summed E-state index contributed by atoms with van der Waals surface area (Å²) in [7, 11) is 3.66. The van der Waals surface area contributed by atoms with Gasteiger partial charge in [0.2, 0.25) is 0 Å². The molecular formula is C14H23NO2. The van der Waals surface area contributed by atoms with E-state index in [1.165, 1.54) is 16.7 Å². The van der Waals surface area contributed by atoms with Crippen molar-refractivity contribution in [3.05, 3.63) is 28.8 Å². The Kier molecular flexibility index (Phi) is 5.45. The quantitative estimate of drug-likeness (QED) is 0.825. The molecule has 1 N–H and O–H groups in total. The molecule has 0 fully saturated rings. The molecule has 0 aromatic heterocycles. The topological polar surface area (TPSA) is 30.5 Å². The van der Waals surface area contributed by atoms with Gasteiger partial charge in [0.05, 0.1) is 19.8 Å². The number of nitrogens with one attached hydrogen (secondary N) is 1. The lowest BCUT2D eigenvalue weighted by Gasteiger charge is -2.22. The third kappa shape index (κ3) is 3.45. The molecule has 3 heteroatoms. The molecule has 0 saturated carbocycles. The Morgan fingerprint density at radius 3 is 2.53 bits per heavy atom. The maximum absolute atomic E-state index is 5.51. The van der Waals surface area contributed by atoms with Gasteiger partial charge in [-0.2, -0.15) is 0 Å². The van der Waals surface area contributed by atoms with Crippen molar-refractivity contribution in [3.63, 3.8) is 0 Å². The maximum Gasteiger partial charge on any atom is 0.124 e. The summed E-state index contributed by atoms with van der Waals surface area (Å²) in [6.45, 7) is 7.59. The zero-order valence-corrected chi connectivity index (χ0v) is 11.5. The Balaban J connectivity index is 3.08. The first-order chi connectivity index (χ1) is 8.13. The van der Waals surface area contributed by atoms with E-state index in [1.807, 2.05) is 14.0 Å². The van der Waals surface area contributed by atoms with Crippen molar-refractivity contribution >= 4 is 0 Å². The fourth-order valence-electron chi connectivity index (χ4n) is 2.10. The number of benzene rings is 1. The number of ether oxygens (including phenoxy) is 2. The van der Waals surface area contributed by atoms with E-state index in [1.54, 1.807) is 7.11 Å². The molecule has 1 aromatic rings. The van der Waals surface area contributed by atoms with E-state index < -0.39 is 0 Å². The monoisotopic (exact) mass is 237 g/mol. The lowest BCUT2D eigenvalue weighted by Crippen LogP contribution is -2.23. The van der Waals surface area contributed by atoms with Crippen LogP contribution in [0.1, 0.15) is 29.7 Å². The third-order valence-corrected chi connectivity index (χ3v) is 2.90. The van der Waals surface area contributed by atoms with Gasteiger partial charge in [0.1, 0.15) is 5.75 Å².